The summed E-state index contributed by atoms with van der Waals surface area (Å²) in [5.41, 5.74) is 3.16. The van der Waals surface area contributed by atoms with Crippen molar-refractivity contribution >= 4 is 23.2 Å². The van der Waals surface area contributed by atoms with Gasteiger partial charge in [0.05, 0.1) is 17.1 Å². The van der Waals surface area contributed by atoms with Gasteiger partial charge in [0.1, 0.15) is 0 Å². The lowest BCUT2D eigenvalue weighted by atomic mass is 10.1. The summed E-state index contributed by atoms with van der Waals surface area (Å²) in [4.78, 5) is 31.4. The molecule has 2 aromatic rings. The first-order chi connectivity index (χ1) is 12.5. The molecule has 6 heteroatoms. The van der Waals surface area contributed by atoms with Gasteiger partial charge in [0, 0.05) is 36.5 Å². The SMILES string of the molecule is Cc1ccc(-c2nc(C)sc2CC(=O)NCCCN2CCCC2=O)cc1. The van der Waals surface area contributed by atoms with Crippen LogP contribution in [0.1, 0.15) is 34.7 Å². The Bertz CT molecular complexity index is 783. The van der Waals surface area contributed by atoms with E-state index in [1.54, 1.807) is 11.3 Å². The Morgan fingerprint density at radius 2 is 2.04 bits per heavy atom. The molecule has 0 unspecified atom stereocenters. The van der Waals surface area contributed by atoms with E-state index in [4.69, 9.17) is 0 Å². The summed E-state index contributed by atoms with van der Waals surface area (Å²) in [5.74, 6) is 0.244. The van der Waals surface area contributed by atoms with E-state index in [0.29, 0.717) is 19.4 Å². The number of amides is 2. The maximum atomic E-state index is 12.3. The van der Waals surface area contributed by atoms with Crippen LogP contribution in [0.2, 0.25) is 0 Å². The van der Waals surface area contributed by atoms with Gasteiger partial charge in [-0.25, -0.2) is 4.98 Å². The zero-order valence-electron chi connectivity index (χ0n) is 15.4. The molecule has 1 aliphatic rings. The van der Waals surface area contributed by atoms with Crippen LogP contribution in [0.3, 0.4) is 0 Å². The standard InChI is InChI=1S/C20H25N3O2S/c1-14-6-8-16(9-7-14)20-17(26-15(2)22-20)13-18(24)21-10-4-12-23-11-3-5-19(23)25/h6-9H,3-5,10-13H2,1-2H3,(H,21,24). The highest BCUT2D eigenvalue weighted by Gasteiger charge is 2.19. The van der Waals surface area contributed by atoms with Gasteiger partial charge in [-0.15, -0.1) is 11.3 Å². The fourth-order valence-corrected chi connectivity index (χ4v) is 4.13. The van der Waals surface area contributed by atoms with E-state index < -0.39 is 0 Å². The Balaban J connectivity index is 1.52. The summed E-state index contributed by atoms with van der Waals surface area (Å²) in [5, 5.41) is 3.94. The summed E-state index contributed by atoms with van der Waals surface area (Å²) >= 11 is 1.58. The van der Waals surface area contributed by atoms with Crippen LogP contribution in [0.15, 0.2) is 24.3 Å². The largest absolute Gasteiger partial charge is 0.356 e. The van der Waals surface area contributed by atoms with E-state index in [2.05, 4.69) is 41.5 Å². The van der Waals surface area contributed by atoms with Crippen LogP contribution in [0, 0.1) is 13.8 Å². The van der Waals surface area contributed by atoms with Crippen molar-refractivity contribution in [1.82, 2.24) is 15.2 Å². The van der Waals surface area contributed by atoms with Crippen molar-refractivity contribution in [1.29, 1.82) is 0 Å². The quantitative estimate of drug-likeness (QED) is 0.761. The van der Waals surface area contributed by atoms with E-state index in [0.717, 1.165) is 47.1 Å². The lowest BCUT2D eigenvalue weighted by molar-refractivity contribution is -0.127. The minimum absolute atomic E-state index is 0.00904. The number of aryl methyl sites for hydroxylation is 2. The molecule has 0 radical (unpaired) electrons. The molecule has 0 spiro atoms. The van der Waals surface area contributed by atoms with Crippen LogP contribution in [-0.4, -0.2) is 41.3 Å². The van der Waals surface area contributed by atoms with Crippen LogP contribution in [0.4, 0.5) is 0 Å². The van der Waals surface area contributed by atoms with Crippen molar-refractivity contribution in [2.45, 2.75) is 39.5 Å². The zero-order chi connectivity index (χ0) is 18.5. The molecule has 5 nitrogen and oxygen atoms in total. The molecule has 2 heterocycles. The van der Waals surface area contributed by atoms with Crippen molar-refractivity contribution in [3.63, 3.8) is 0 Å². The normalized spacial score (nSPS) is 14.1. The molecular formula is C20H25N3O2S. The predicted molar refractivity (Wildman–Crippen MR) is 104 cm³/mol. The molecular weight excluding hydrogens is 346 g/mol. The first-order valence-electron chi connectivity index (χ1n) is 9.11. The number of likely N-dealkylation sites (tertiary alicyclic amines) is 1. The molecule has 1 aromatic heterocycles. The van der Waals surface area contributed by atoms with Gasteiger partial charge in [0.2, 0.25) is 11.8 Å². The zero-order valence-corrected chi connectivity index (χ0v) is 16.2. The Labute approximate surface area is 158 Å². The Morgan fingerprint density at radius 1 is 1.27 bits per heavy atom. The molecule has 0 aliphatic carbocycles. The number of benzene rings is 1. The summed E-state index contributed by atoms with van der Waals surface area (Å²) in [6, 6.07) is 8.23. The summed E-state index contributed by atoms with van der Waals surface area (Å²) in [6.45, 7) is 6.21. The average molecular weight is 372 g/mol. The van der Waals surface area contributed by atoms with Gasteiger partial charge in [-0.2, -0.15) is 0 Å². The number of carbonyl (C=O) groups excluding carboxylic acids is 2. The first-order valence-corrected chi connectivity index (χ1v) is 9.92. The van der Waals surface area contributed by atoms with Crippen molar-refractivity contribution < 1.29 is 9.59 Å². The number of hydrogen-bond donors (Lipinski definition) is 1. The molecule has 2 amide bonds. The van der Waals surface area contributed by atoms with Crippen molar-refractivity contribution in [2.75, 3.05) is 19.6 Å². The molecule has 1 N–H and O–H groups in total. The van der Waals surface area contributed by atoms with Crippen LogP contribution < -0.4 is 5.32 Å². The van der Waals surface area contributed by atoms with Gasteiger partial charge in [-0.3, -0.25) is 9.59 Å². The fraction of sp³-hybridized carbons (Fsp3) is 0.450. The third kappa shape index (κ3) is 4.69. The molecule has 1 aliphatic heterocycles. The van der Waals surface area contributed by atoms with E-state index >= 15 is 0 Å². The molecule has 0 saturated carbocycles. The second kappa shape index (κ2) is 8.45. The Hall–Kier alpha value is -2.21. The third-order valence-corrected chi connectivity index (χ3v) is 5.52. The molecule has 3 rings (SSSR count). The van der Waals surface area contributed by atoms with Crippen LogP contribution in [0.25, 0.3) is 11.3 Å². The number of hydrogen-bond acceptors (Lipinski definition) is 4. The topological polar surface area (TPSA) is 62.3 Å². The van der Waals surface area contributed by atoms with Crippen molar-refractivity contribution in [3.8, 4) is 11.3 Å². The van der Waals surface area contributed by atoms with Gasteiger partial charge in [0.15, 0.2) is 0 Å². The smallest absolute Gasteiger partial charge is 0.225 e. The molecule has 1 saturated heterocycles. The Kier molecular flexibility index (Phi) is 6.04. The second-order valence-electron chi connectivity index (χ2n) is 6.74. The average Bonchev–Trinajstić information content (AvgIpc) is 3.18. The number of thiazole rings is 1. The maximum absolute atomic E-state index is 12.3. The molecule has 138 valence electrons. The predicted octanol–water partition coefficient (Wildman–Crippen LogP) is 3.10. The highest BCUT2D eigenvalue weighted by molar-refractivity contribution is 7.12. The number of nitrogens with zero attached hydrogens (tertiary/aromatic N) is 2. The fourth-order valence-electron chi connectivity index (χ4n) is 3.17. The number of aromatic nitrogens is 1. The summed E-state index contributed by atoms with van der Waals surface area (Å²) in [6.07, 6.45) is 2.76. The van der Waals surface area contributed by atoms with Gasteiger partial charge in [-0.05, 0) is 26.7 Å². The van der Waals surface area contributed by atoms with Crippen LogP contribution in [-0.2, 0) is 16.0 Å². The van der Waals surface area contributed by atoms with E-state index in [1.165, 1.54) is 5.56 Å². The molecule has 0 atom stereocenters. The monoisotopic (exact) mass is 371 g/mol. The van der Waals surface area contributed by atoms with E-state index in [-0.39, 0.29) is 11.8 Å². The maximum Gasteiger partial charge on any atom is 0.225 e. The number of rotatable bonds is 7. The molecule has 1 fully saturated rings. The first kappa shape index (κ1) is 18.6. The van der Waals surface area contributed by atoms with Gasteiger partial charge in [0.25, 0.3) is 0 Å². The van der Waals surface area contributed by atoms with Gasteiger partial charge in [-0.1, -0.05) is 29.8 Å². The summed E-state index contributed by atoms with van der Waals surface area (Å²) in [7, 11) is 0. The molecule has 0 bridgehead atoms. The van der Waals surface area contributed by atoms with Crippen molar-refractivity contribution in [3.05, 3.63) is 39.7 Å². The van der Waals surface area contributed by atoms with Gasteiger partial charge >= 0.3 is 0 Å². The van der Waals surface area contributed by atoms with E-state index in [1.807, 2.05) is 11.8 Å². The third-order valence-electron chi connectivity index (χ3n) is 4.55. The Morgan fingerprint density at radius 3 is 2.73 bits per heavy atom. The van der Waals surface area contributed by atoms with Crippen LogP contribution >= 0.6 is 11.3 Å². The highest BCUT2D eigenvalue weighted by atomic mass is 32.1. The van der Waals surface area contributed by atoms with E-state index in [9.17, 15) is 9.59 Å². The van der Waals surface area contributed by atoms with Gasteiger partial charge < -0.3 is 10.2 Å². The summed E-state index contributed by atoms with van der Waals surface area (Å²) < 4.78 is 0. The second-order valence-corrected chi connectivity index (χ2v) is 8.02. The minimum Gasteiger partial charge on any atom is -0.356 e. The minimum atomic E-state index is 0.00904. The highest BCUT2D eigenvalue weighted by Crippen LogP contribution is 2.28. The lowest BCUT2D eigenvalue weighted by Crippen LogP contribution is -2.31. The number of carbonyl (C=O) groups is 2. The van der Waals surface area contributed by atoms with Crippen molar-refractivity contribution in [2.24, 2.45) is 0 Å². The molecule has 26 heavy (non-hydrogen) atoms. The molecule has 1 aromatic carbocycles. The van der Waals surface area contributed by atoms with Crippen LogP contribution in [0.5, 0.6) is 0 Å². The lowest BCUT2D eigenvalue weighted by Gasteiger charge is -2.15. The number of nitrogens with one attached hydrogen (secondary N) is 1.